The minimum absolute atomic E-state index is 0.237. The average Bonchev–Trinajstić information content (AvgIpc) is 3.56. The molecule has 4 atom stereocenters. The summed E-state index contributed by atoms with van der Waals surface area (Å²) in [6.07, 6.45) is 14.6. The van der Waals surface area contributed by atoms with Crippen molar-refractivity contribution in [2.45, 2.75) is 51.0 Å². The van der Waals surface area contributed by atoms with Gasteiger partial charge in [-0.15, -0.1) is 0 Å². The highest BCUT2D eigenvalue weighted by molar-refractivity contribution is 5.81. The van der Waals surface area contributed by atoms with Gasteiger partial charge < -0.3 is 5.32 Å². The average molecular weight is 405 g/mol. The normalized spacial score (nSPS) is 28.4. The number of nitrogens with zero attached hydrogens (tertiary/aromatic N) is 1. The maximum absolute atomic E-state index is 13.5. The Kier molecular flexibility index (Phi) is 5.41. The first-order valence-electron chi connectivity index (χ1n) is 11.4. The molecule has 2 aromatic rings. The molecule has 0 aliphatic heterocycles. The number of rotatable bonds is 5. The largest absolute Gasteiger partial charge is 0.353 e. The molecule has 1 aromatic heterocycles. The summed E-state index contributed by atoms with van der Waals surface area (Å²) >= 11 is 0. The predicted octanol–water partition coefficient (Wildman–Crippen LogP) is 5.62. The van der Waals surface area contributed by atoms with Crippen molar-refractivity contribution in [3.8, 4) is 11.1 Å². The molecule has 0 radical (unpaired) electrons. The lowest BCUT2D eigenvalue weighted by atomic mass is 9.78. The van der Waals surface area contributed by atoms with E-state index in [9.17, 15) is 9.18 Å². The minimum atomic E-state index is -0.237. The Hall–Kier alpha value is -2.49. The molecule has 30 heavy (non-hydrogen) atoms. The number of pyridine rings is 1. The first-order valence-corrected chi connectivity index (χ1v) is 11.4. The predicted molar refractivity (Wildman–Crippen MR) is 117 cm³/mol. The summed E-state index contributed by atoms with van der Waals surface area (Å²) in [7, 11) is 0. The number of carbonyl (C=O) groups excluding carboxylic acids is 1. The van der Waals surface area contributed by atoms with Gasteiger partial charge in [-0.25, -0.2) is 4.39 Å². The summed E-state index contributed by atoms with van der Waals surface area (Å²) in [5.41, 5.74) is 2.65. The third kappa shape index (κ3) is 4.19. The molecule has 0 spiro atoms. The van der Waals surface area contributed by atoms with Crippen LogP contribution in [-0.4, -0.2) is 16.9 Å². The van der Waals surface area contributed by atoms with Crippen LogP contribution in [0.1, 0.15) is 50.6 Å². The minimum Gasteiger partial charge on any atom is -0.353 e. The van der Waals surface area contributed by atoms with E-state index < -0.39 is 0 Å². The van der Waals surface area contributed by atoms with Crippen molar-refractivity contribution in [1.29, 1.82) is 0 Å². The van der Waals surface area contributed by atoms with E-state index in [0.29, 0.717) is 11.8 Å². The Morgan fingerprint density at radius 1 is 1.07 bits per heavy atom. The fraction of sp³-hybridized carbons (Fsp3) is 0.462. The van der Waals surface area contributed by atoms with E-state index in [1.807, 2.05) is 18.2 Å². The van der Waals surface area contributed by atoms with Crippen molar-refractivity contribution in [3.05, 3.63) is 60.2 Å². The van der Waals surface area contributed by atoms with Gasteiger partial charge in [0.25, 0.3) is 0 Å². The van der Waals surface area contributed by atoms with Crippen LogP contribution in [0.25, 0.3) is 17.2 Å². The van der Waals surface area contributed by atoms with Gasteiger partial charge >= 0.3 is 0 Å². The zero-order chi connectivity index (χ0) is 20.5. The van der Waals surface area contributed by atoms with Gasteiger partial charge in [0, 0.05) is 29.6 Å². The smallest absolute Gasteiger partial charge is 0.223 e. The highest BCUT2D eigenvalue weighted by Gasteiger charge is 2.44. The van der Waals surface area contributed by atoms with E-state index in [1.54, 1.807) is 12.3 Å². The SMILES string of the molecule is O=C(N[C@H]1C[C@H]2CCCC[C@H]2[C@@H]1C=Cc1ccc(-c2cccc(F)c2)cn1)C1CC1. The number of fused-ring (bicyclic) bond motifs is 1. The highest BCUT2D eigenvalue weighted by atomic mass is 19.1. The van der Waals surface area contributed by atoms with E-state index >= 15 is 0 Å². The molecule has 3 fully saturated rings. The van der Waals surface area contributed by atoms with Gasteiger partial charge in [-0.2, -0.15) is 0 Å². The fourth-order valence-electron chi connectivity index (χ4n) is 5.45. The molecular formula is C26H29FN2O. The number of hydrogen-bond acceptors (Lipinski definition) is 2. The van der Waals surface area contributed by atoms with E-state index in [1.165, 1.54) is 37.8 Å². The van der Waals surface area contributed by atoms with Gasteiger partial charge in [-0.1, -0.05) is 43.5 Å². The number of aromatic nitrogens is 1. The number of carbonyl (C=O) groups is 1. The summed E-state index contributed by atoms with van der Waals surface area (Å²) in [5.74, 6) is 2.08. The zero-order valence-corrected chi connectivity index (χ0v) is 17.3. The second-order valence-electron chi connectivity index (χ2n) is 9.25. The Balaban J connectivity index is 1.32. The molecule has 4 heteroatoms. The summed E-state index contributed by atoms with van der Waals surface area (Å²) in [6, 6.07) is 10.8. The van der Waals surface area contributed by atoms with E-state index in [4.69, 9.17) is 0 Å². The van der Waals surface area contributed by atoms with Crippen LogP contribution < -0.4 is 5.32 Å². The summed E-state index contributed by atoms with van der Waals surface area (Å²) in [4.78, 5) is 17.0. The molecule has 3 nitrogen and oxygen atoms in total. The molecule has 3 aliphatic rings. The van der Waals surface area contributed by atoms with Crippen LogP contribution in [0.3, 0.4) is 0 Å². The number of hydrogen-bond donors (Lipinski definition) is 1. The highest BCUT2D eigenvalue weighted by Crippen LogP contribution is 2.47. The Labute approximate surface area is 177 Å². The van der Waals surface area contributed by atoms with Crippen molar-refractivity contribution >= 4 is 12.0 Å². The maximum atomic E-state index is 13.5. The van der Waals surface area contributed by atoms with Crippen LogP contribution in [0.4, 0.5) is 4.39 Å². The van der Waals surface area contributed by atoms with Crippen molar-refractivity contribution < 1.29 is 9.18 Å². The molecule has 1 aromatic carbocycles. The second-order valence-corrected chi connectivity index (χ2v) is 9.25. The molecule has 156 valence electrons. The third-order valence-electron chi connectivity index (χ3n) is 7.19. The fourth-order valence-corrected chi connectivity index (χ4v) is 5.45. The van der Waals surface area contributed by atoms with Crippen molar-refractivity contribution in [2.24, 2.45) is 23.7 Å². The second kappa shape index (κ2) is 8.33. The lowest BCUT2D eigenvalue weighted by molar-refractivity contribution is -0.123. The summed E-state index contributed by atoms with van der Waals surface area (Å²) < 4.78 is 13.5. The Bertz CT molecular complexity index is 934. The molecule has 0 bridgehead atoms. The molecule has 0 saturated heterocycles. The van der Waals surface area contributed by atoms with Gasteiger partial charge in [-0.05, 0) is 67.4 Å². The molecule has 1 heterocycles. The van der Waals surface area contributed by atoms with Gasteiger partial charge in [0.05, 0.1) is 5.69 Å². The summed E-state index contributed by atoms with van der Waals surface area (Å²) in [5, 5.41) is 3.37. The van der Waals surface area contributed by atoms with E-state index in [-0.39, 0.29) is 23.7 Å². The molecule has 1 amide bonds. The van der Waals surface area contributed by atoms with Crippen LogP contribution in [0, 0.1) is 29.5 Å². The third-order valence-corrected chi connectivity index (χ3v) is 7.19. The number of nitrogens with one attached hydrogen (secondary N) is 1. The molecule has 1 N–H and O–H groups in total. The van der Waals surface area contributed by atoms with Crippen molar-refractivity contribution in [2.75, 3.05) is 0 Å². The zero-order valence-electron chi connectivity index (χ0n) is 17.3. The molecular weight excluding hydrogens is 375 g/mol. The van der Waals surface area contributed by atoms with Crippen LogP contribution in [0.15, 0.2) is 48.7 Å². The van der Waals surface area contributed by atoms with Crippen molar-refractivity contribution in [3.63, 3.8) is 0 Å². The van der Waals surface area contributed by atoms with E-state index in [2.05, 4.69) is 22.5 Å². The first-order chi connectivity index (χ1) is 14.7. The maximum Gasteiger partial charge on any atom is 0.223 e. The molecule has 3 aliphatic carbocycles. The van der Waals surface area contributed by atoms with Gasteiger partial charge in [0.2, 0.25) is 5.91 Å². The number of amides is 1. The van der Waals surface area contributed by atoms with Gasteiger partial charge in [0.15, 0.2) is 0 Å². The molecule has 0 unspecified atom stereocenters. The summed E-state index contributed by atoms with van der Waals surface area (Å²) in [6.45, 7) is 0. The van der Waals surface area contributed by atoms with Crippen molar-refractivity contribution in [1.82, 2.24) is 10.3 Å². The lowest BCUT2D eigenvalue weighted by Gasteiger charge is -2.28. The first kappa shape index (κ1) is 19.5. The van der Waals surface area contributed by atoms with Crippen LogP contribution in [-0.2, 0) is 4.79 Å². The number of benzene rings is 1. The van der Waals surface area contributed by atoms with Crippen LogP contribution >= 0.6 is 0 Å². The Morgan fingerprint density at radius 2 is 1.93 bits per heavy atom. The van der Waals surface area contributed by atoms with E-state index in [0.717, 1.165) is 42.0 Å². The number of halogens is 1. The van der Waals surface area contributed by atoms with Gasteiger partial charge in [-0.3, -0.25) is 9.78 Å². The standard InChI is InChI=1S/C26H29FN2O/c27-21-6-3-5-18(14-21)20-10-11-22(28-16-20)12-13-24-23-7-2-1-4-19(23)15-25(24)29-26(30)17-8-9-17/h3,5-6,10-14,16-17,19,23-25H,1-2,4,7-9,15H2,(H,29,30)/t19-,23-,24+,25+/m1/s1. The van der Waals surface area contributed by atoms with Crippen LogP contribution in [0.5, 0.6) is 0 Å². The monoisotopic (exact) mass is 404 g/mol. The quantitative estimate of drug-likeness (QED) is 0.702. The lowest BCUT2D eigenvalue weighted by Crippen LogP contribution is -2.38. The van der Waals surface area contributed by atoms with Crippen LogP contribution in [0.2, 0.25) is 0 Å². The molecule has 5 rings (SSSR count). The van der Waals surface area contributed by atoms with Gasteiger partial charge in [0.1, 0.15) is 5.82 Å². The Morgan fingerprint density at radius 3 is 2.70 bits per heavy atom. The molecule has 3 saturated carbocycles. The topological polar surface area (TPSA) is 42.0 Å².